The van der Waals surface area contributed by atoms with Gasteiger partial charge in [0.15, 0.2) is 0 Å². The van der Waals surface area contributed by atoms with Crippen LogP contribution in [0.3, 0.4) is 0 Å². The van der Waals surface area contributed by atoms with E-state index in [-0.39, 0.29) is 6.04 Å². The Labute approximate surface area is 125 Å². The maximum atomic E-state index is 5.22. The Morgan fingerprint density at radius 2 is 2.15 bits per heavy atom. The standard InChI is InChI=1S/C16H22N2OS/c1-5-17-15(16-18-11(2)12(3)20-16)14-8-6-7-13(9-14)10-19-4/h6-9,15,17H,5,10H2,1-4H3. The first-order valence-corrected chi connectivity index (χ1v) is 7.72. The highest BCUT2D eigenvalue weighted by Gasteiger charge is 2.18. The number of rotatable bonds is 6. The lowest BCUT2D eigenvalue weighted by atomic mass is 10.0. The minimum Gasteiger partial charge on any atom is -0.380 e. The molecule has 0 spiro atoms. The number of nitrogens with zero attached hydrogens (tertiary/aromatic N) is 1. The lowest BCUT2D eigenvalue weighted by Gasteiger charge is -2.16. The number of hydrogen-bond acceptors (Lipinski definition) is 4. The van der Waals surface area contributed by atoms with Crippen molar-refractivity contribution in [2.45, 2.75) is 33.4 Å². The zero-order valence-electron chi connectivity index (χ0n) is 12.6. The summed E-state index contributed by atoms with van der Waals surface area (Å²) in [6.07, 6.45) is 0. The fourth-order valence-corrected chi connectivity index (χ4v) is 3.23. The molecule has 0 fully saturated rings. The van der Waals surface area contributed by atoms with Crippen molar-refractivity contribution in [2.24, 2.45) is 0 Å². The molecule has 0 aliphatic rings. The number of thiazole rings is 1. The van der Waals surface area contributed by atoms with Crippen LogP contribution in [0.2, 0.25) is 0 Å². The molecule has 0 amide bonds. The van der Waals surface area contributed by atoms with E-state index in [4.69, 9.17) is 9.72 Å². The van der Waals surface area contributed by atoms with E-state index in [1.54, 1.807) is 18.4 Å². The Balaban J connectivity index is 2.34. The van der Waals surface area contributed by atoms with Crippen LogP contribution in [-0.4, -0.2) is 18.6 Å². The maximum absolute atomic E-state index is 5.22. The van der Waals surface area contributed by atoms with Gasteiger partial charge in [-0.25, -0.2) is 4.98 Å². The Bertz CT molecular complexity index is 546. The van der Waals surface area contributed by atoms with E-state index in [0.717, 1.165) is 17.2 Å². The third-order valence-corrected chi connectivity index (χ3v) is 4.43. The molecule has 0 saturated carbocycles. The van der Waals surface area contributed by atoms with Crippen LogP contribution in [0.15, 0.2) is 24.3 Å². The topological polar surface area (TPSA) is 34.1 Å². The Morgan fingerprint density at radius 1 is 1.35 bits per heavy atom. The Hall–Kier alpha value is -1.23. The molecule has 1 heterocycles. The number of methoxy groups -OCH3 is 1. The first-order chi connectivity index (χ1) is 9.65. The maximum Gasteiger partial charge on any atom is 0.115 e. The molecule has 1 atom stereocenters. The van der Waals surface area contributed by atoms with Gasteiger partial charge in [-0.3, -0.25) is 0 Å². The molecule has 2 aromatic rings. The molecule has 1 N–H and O–H groups in total. The molecule has 0 aliphatic carbocycles. The lowest BCUT2D eigenvalue weighted by Crippen LogP contribution is -2.22. The van der Waals surface area contributed by atoms with Crippen LogP contribution in [0, 0.1) is 13.8 Å². The van der Waals surface area contributed by atoms with E-state index in [0.29, 0.717) is 6.61 Å². The van der Waals surface area contributed by atoms with Crippen LogP contribution >= 0.6 is 11.3 Å². The Kier molecular flexibility index (Phi) is 5.29. The van der Waals surface area contributed by atoms with Gasteiger partial charge >= 0.3 is 0 Å². The predicted molar refractivity (Wildman–Crippen MR) is 84.3 cm³/mol. The third kappa shape index (κ3) is 3.45. The van der Waals surface area contributed by atoms with Gasteiger partial charge < -0.3 is 10.1 Å². The minimum absolute atomic E-state index is 0.161. The largest absolute Gasteiger partial charge is 0.380 e. The molecule has 20 heavy (non-hydrogen) atoms. The molecule has 0 aliphatic heterocycles. The lowest BCUT2D eigenvalue weighted by molar-refractivity contribution is 0.185. The molecule has 108 valence electrons. The number of ether oxygens (including phenoxy) is 1. The number of aryl methyl sites for hydroxylation is 2. The highest BCUT2D eigenvalue weighted by molar-refractivity contribution is 7.11. The van der Waals surface area contributed by atoms with E-state index in [2.05, 4.69) is 50.4 Å². The average Bonchev–Trinajstić information content (AvgIpc) is 2.76. The van der Waals surface area contributed by atoms with E-state index in [1.165, 1.54) is 16.0 Å². The summed E-state index contributed by atoms with van der Waals surface area (Å²) in [5, 5.41) is 4.67. The van der Waals surface area contributed by atoms with Crippen LogP contribution in [0.4, 0.5) is 0 Å². The second kappa shape index (κ2) is 6.97. The van der Waals surface area contributed by atoms with Crippen LogP contribution in [0.1, 0.15) is 39.7 Å². The quantitative estimate of drug-likeness (QED) is 0.882. The van der Waals surface area contributed by atoms with Crippen LogP contribution in [-0.2, 0) is 11.3 Å². The molecule has 1 aromatic heterocycles. The van der Waals surface area contributed by atoms with E-state index < -0.39 is 0 Å². The molecule has 0 saturated heterocycles. The van der Waals surface area contributed by atoms with Gasteiger partial charge in [0.25, 0.3) is 0 Å². The van der Waals surface area contributed by atoms with E-state index in [1.807, 2.05) is 0 Å². The first kappa shape index (κ1) is 15.2. The van der Waals surface area contributed by atoms with Gasteiger partial charge in [-0.1, -0.05) is 31.2 Å². The normalized spacial score (nSPS) is 12.6. The van der Waals surface area contributed by atoms with Gasteiger partial charge in [-0.05, 0) is 31.5 Å². The van der Waals surface area contributed by atoms with E-state index in [9.17, 15) is 0 Å². The molecule has 3 nitrogen and oxygen atoms in total. The summed E-state index contributed by atoms with van der Waals surface area (Å²) in [7, 11) is 1.72. The number of benzene rings is 1. The van der Waals surface area contributed by atoms with Gasteiger partial charge in [-0.15, -0.1) is 11.3 Å². The summed E-state index contributed by atoms with van der Waals surface area (Å²) >= 11 is 1.77. The van der Waals surface area contributed by atoms with Gasteiger partial charge in [-0.2, -0.15) is 0 Å². The number of aromatic nitrogens is 1. The van der Waals surface area contributed by atoms with Crippen molar-refractivity contribution in [3.8, 4) is 0 Å². The van der Waals surface area contributed by atoms with Crippen molar-refractivity contribution in [2.75, 3.05) is 13.7 Å². The molecular formula is C16H22N2OS. The zero-order chi connectivity index (χ0) is 14.5. The number of nitrogens with one attached hydrogen (secondary N) is 1. The van der Waals surface area contributed by atoms with Crippen molar-refractivity contribution in [3.05, 3.63) is 51.0 Å². The van der Waals surface area contributed by atoms with Crippen molar-refractivity contribution in [3.63, 3.8) is 0 Å². The monoisotopic (exact) mass is 290 g/mol. The van der Waals surface area contributed by atoms with E-state index >= 15 is 0 Å². The van der Waals surface area contributed by atoms with Crippen LogP contribution in [0.5, 0.6) is 0 Å². The minimum atomic E-state index is 0.161. The summed E-state index contributed by atoms with van der Waals surface area (Å²) < 4.78 is 5.22. The van der Waals surface area contributed by atoms with Crippen molar-refractivity contribution >= 4 is 11.3 Å². The van der Waals surface area contributed by atoms with Gasteiger partial charge in [0.1, 0.15) is 5.01 Å². The van der Waals surface area contributed by atoms with Crippen LogP contribution < -0.4 is 5.32 Å². The first-order valence-electron chi connectivity index (χ1n) is 6.90. The highest BCUT2D eigenvalue weighted by Crippen LogP contribution is 2.28. The predicted octanol–water partition coefficient (Wildman–Crippen LogP) is 3.61. The zero-order valence-corrected chi connectivity index (χ0v) is 13.4. The number of hydrogen-bond donors (Lipinski definition) is 1. The molecule has 1 unspecified atom stereocenters. The summed E-state index contributed by atoms with van der Waals surface area (Å²) in [5.74, 6) is 0. The fourth-order valence-electron chi connectivity index (χ4n) is 2.20. The van der Waals surface area contributed by atoms with Crippen molar-refractivity contribution in [1.29, 1.82) is 0 Å². The second-order valence-electron chi connectivity index (χ2n) is 4.86. The summed E-state index contributed by atoms with van der Waals surface area (Å²) in [5.41, 5.74) is 3.56. The van der Waals surface area contributed by atoms with Gasteiger partial charge in [0.05, 0.1) is 18.3 Å². The highest BCUT2D eigenvalue weighted by atomic mass is 32.1. The van der Waals surface area contributed by atoms with Crippen LogP contribution in [0.25, 0.3) is 0 Å². The third-order valence-electron chi connectivity index (χ3n) is 3.30. The summed E-state index contributed by atoms with van der Waals surface area (Å²) in [6, 6.07) is 8.69. The second-order valence-corrected chi connectivity index (χ2v) is 6.10. The summed E-state index contributed by atoms with van der Waals surface area (Å²) in [6.45, 7) is 7.87. The SMILES string of the molecule is CCNC(c1cccc(COC)c1)c1nc(C)c(C)s1. The smallest absolute Gasteiger partial charge is 0.115 e. The molecule has 0 bridgehead atoms. The molecule has 2 rings (SSSR count). The van der Waals surface area contributed by atoms with Crippen molar-refractivity contribution < 1.29 is 4.74 Å². The van der Waals surface area contributed by atoms with Gasteiger partial charge in [0.2, 0.25) is 0 Å². The average molecular weight is 290 g/mol. The molecular weight excluding hydrogens is 268 g/mol. The molecule has 1 aromatic carbocycles. The molecule has 4 heteroatoms. The Morgan fingerprint density at radius 3 is 2.75 bits per heavy atom. The fraction of sp³-hybridized carbons (Fsp3) is 0.438. The summed E-state index contributed by atoms with van der Waals surface area (Å²) in [4.78, 5) is 5.99. The van der Waals surface area contributed by atoms with Crippen molar-refractivity contribution in [1.82, 2.24) is 10.3 Å². The molecule has 0 radical (unpaired) electrons. The van der Waals surface area contributed by atoms with Gasteiger partial charge in [0, 0.05) is 12.0 Å².